The van der Waals surface area contributed by atoms with E-state index in [9.17, 15) is 13.6 Å². The molecule has 4 nitrogen and oxygen atoms in total. The molecule has 3 aromatic carbocycles. The lowest BCUT2D eigenvalue weighted by atomic mass is 10.1. The summed E-state index contributed by atoms with van der Waals surface area (Å²) in [6, 6.07) is 18.0. The lowest BCUT2D eigenvalue weighted by Crippen LogP contribution is -2.11. The summed E-state index contributed by atoms with van der Waals surface area (Å²) >= 11 is 0. The molecule has 0 fully saturated rings. The molecule has 6 heteroatoms. The van der Waals surface area contributed by atoms with Crippen LogP contribution in [0.15, 0.2) is 60.7 Å². The van der Waals surface area contributed by atoms with Crippen LogP contribution in [0.5, 0.6) is 5.75 Å². The maximum absolute atomic E-state index is 12.8. The van der Waals surface area contributed by atoms with Gasteiger partial charge < -0.3 is 15.0 Å². The first kappa shape index (κ1) is 18.0. The van der Waals surface area contributed by atoms with Gasteiger partial charge in [-0.1, -0.05) is 36.4 Å². The Morgan fingerprint density at radius 3 is 2.61 bits per heavy atom. The second-order valence-electron chi connectivity index (χ2n) is 6.66. The summed E-state index contributed by atoms with van der Waals surface area (Å²) in [7, 11) is 0. The molecule has 0 atom stereocenters. The van der Waals surface area contributed by atoms with Crippen molar-refractivity contribution in [3.63, 3.8) is 0 Å². The molecule has 0 saturated heterocycles. The molecule has 4 aromatic rings. The summed E-state index contributed by atoms with van der Waals surface area (Å²) in [6.45, 7) is -0.609. The van der Waals surface area contributed by atoms with Crippen molar-refractivity contribution in [3.05, 3.63) is 77.4 Å². The normalized spacial score (nSPS) is 11.4. The Bertz CT molecular complexity index is 1200. The van der Waals surface area contributed by atoms with E-state index >= 15 is 0 Å². The third-order valence-corrected chi connectivity index (χ3v) is 4.83. The van der Waals surface area contributed by atoms with Gasteiger partial charge in [-0.25, -0.2) is 0 Å². The Kier molecular flexibility index (Phi) is 4.47. The van der Waals surface area contributed by atoms with Crippen LogP contribution >= 0.6 is 0 Å². The molecule has 2 N–H and O–H groups in total. The number of rotatable bonds is 5. The van der Waals surface area contributed by atoms with Crippen molar-refractivity contribution in [1.82, 2.24) is 4.57 Å². The van der Waals surface area contributed by atoms with Crippen molar-refractivity contribution < 1.29 is 18.3 Å². The predicted molar refractivity (Wildman–Crippen MR) is 105 cm³/mol. The van der Waals surface area contributed by atoms with Crippen molar-refractivity contribution in [2.75, 3.05) is 0 Å². The maximum Gasteiger partial charge on any atom is 0.387 e. The SMILES string of the molecule is Cc1ccc2c3c(C(N)=O)cccc3n(Cc3ccccc3OC(F)F)c2c1. The van der Waals surface area contributed by atoms with Crippen molar-refractivity contribution in [1.29, 1.82) is 0 Å². The first-order valence-electron chi connectivity index (χ1n) is 8.80. The fraction of sp³-hybridized carbons (Fsp3) is 0.136. The second-order valence-corrected chi connectivity index (χ2v) is 6.66. The van der Waals surface area contributed by atoms with Crippen LogP contribution in [0.1, 0.15) is 21.5 Å². The molecule has 28 heavy (non-hydrogen) atoms. The number of halogens is 2. The molecule has 142 valence electrons. The van der Waals surface area contributed by atoms with Gasteiger partial charge in [-0.3, -0.25) is 4.79 Å². The fourth-order valence-electron chi connectivity index (χ4n) is 3.65. The Hall–Kier alpha value is -3.41. The Morgan fingerprint density at radius 2 is 1.86 bits per heavy atom. The van der Waals surface area contributed by atoms with E-state index in [0.717, 1.165) is 27.4 Å². The number of hydrogen-bond donors (Lipinski definition) is 1. The zero-order valence-corrected chi connectivity index (χ0v) is 15.2. The van der Waals surface area contributed by atoms with Gasteiger partial charge in [0.1, 0.15) is 5.75 Å². The van der Waals surface area contributed by atoms with E-state index in [0.29, 0.717) is 17.7 Å². The number of fused-ring (bicyclic) bond motifs is 3. The summed E-state index contributed by atoms with van der Waals surface area (Å²) in [6.07, 6.45) is 0. The number of aryl methyl sites for hydroxylation is 1. The maximum atomic E-state index is 12.8. The van der Waals surface area contributed by atoms with Crippen LogP contribution in [0.25, 0.3) is 21.8 Å². The summed E-state index contributed by atoms with van der Waals surface area (Å²) < 4.78 is 32.3. The minimum atomic E-state index is -2.90. The smallest absolute Gasteiger partial charge is 0.387 e. The molecule has 0 saturated carbocycles. The molecule has 0 aliphatic rings. The summed E-state index contributed by atoms with van der Waals surface area (Å²) in [5.74, 6) is -0.377. The molecule has 0 bridgehead atoms. The van der Waals surface area contributed by atoms with Gasteiger partial charge in [0, 0.05) is 27.4 Å². The zero-order chi connectivity index (χ0) is 19.8. The highest BCUT2D eigenvalue weighted by molar-refractivity contribution is 6.17. The molecule has 0 radical (unpaired) electrons. The number of benzene rings is 3. The number of carbonyl (C=O) groups is 1. The van der Waals surface area contributed by atoms with Gasteiger partial charge >= 0.3 is 6.61 Å². The van der Waals surface area contributed by atoms with Gasteiger partial charge in [0.2, 0.25) is 5.91 Å². The molecular formula is C22H18F2N2O2. The van der Waals surface area contributed by atoms with Crippen molar-refractivity contribution >= 4 is 27.7 Å². The van der Waals surface area contributed by atoms with Crippen LogP contribution in [0.4, 0.5) is 8.78 Å². The van der Waals surface area contributed by atoms with Gasteiger partial charge in [0.05, 0.1) is 12.1 Å². The van der Waals surface area contributed by atoms with E-state index < -0.39 is 12.5 Å². The van der Waals surface area contributed by atoms with E-state index in [1.54, 1.807) is 30.3 Å². The van der Waals surface area contributed by atoms with Crippen LogP contribution in [-0.2, 0) is 6.54 Å². The van der Waals surface area contributed by atoms with Crippen LogP contribution in [0.2, 0.25) is 0 Å². The van der Waals surface area contributed by atoms with E-state index in [4.69, 9.17) is 5.73 Å². The molecule has 1 heterocycles. The van der Waals surface area contributed by atoms with E-state index in [1.165, 1.54) is 6.07 Å². The van der Waals surface area contributed by atoms with Crippen molar-refractivity contribution in [3.8, 4) is 5.75 Å². The minimum Gasteiger partial charge on any atom is -0.434 e. The number of nitrogens with zero attached hydrogens (tertiary/aromatic N) is 1. The Balaban J connectivity index is 1.98. The monoisotopic (exact) mass is 380 g/mol. The third-order valence-electron chi connectivity index (χ3n) is 4.83. The van der Waals surface area contributed by atoms with Gasteiger partial charge in [-0.2, -0.15) is 8.78 Å². The average Bonchev–Trinajstić information content (AvgIpc) is 2.96. The van der Waals surface area contributed by atoms with E-state index in [2.05, 4.69) is 4.74 Å². The molecule has 0 aliphatic heterocycles. The van der Waals surface area contributed by atoms with Gasteiger partial charge in [-0.05, 0) is 36.8 Å². The summed E-state index contributed by atoms with van der Waals surface area (Å²) in [4.78, 5) is 12.0. The summed E-state index contributed by atoms with van der Waals surface area (Å²) in [5, 5.41) is 1.65. The predicted octanol–water partition coefficient (Wildman–Crippen LogP) is 4.85. The van der Waals surface area contributed by atoms with E-state index in [-0.39, 0.29) is 5.75 Å². The summed E-state index contributed by atoms with van der Waals surface area (Å²) in [5.41, 5.74) is 9.40. The second kappa shape index (κ2) is 6.96. The first-order chi connectivity index (χ1) is 13.5. The topological polar surface area (TPSA) is 57.2 Å². The Labute approximate surface area is 160 Å². The highest BCUT2D eigenvalue weighted by Gasteiger charge is 2.18. The molecular weight excluding hydrogens is 362 g/mol. The van der Waals surface area contributed by atoms with Crippen LogP contribution in [0.3, 0.4) is 0 Å². The number of carbonyl (C=O) groups excluding carboxylic acids is 1. The van der Waals surface area contributed by atoms with Crippen LogP contribution < -0.4 is 10.5 Å². The quantitative estimate of drug-likeness (QED) is 0.538. The number of aromatic nitrogens is 1. The molecule has 0 unspecified atom stereocenters. The number of alkyl halides is 2. The molecule has 0 aliphatic carbocycles. The number of ether oxygens (including phenoxy) is 1. The highest BCUT2D eigenvalue weighted by Crippen LogP contribution is 2.34. The van der Waals surface area contributed by atoms with Gasteiger partial charge in [0.15, 0.2) is 0 Å². The van der Waals surface area contributed by atoms with Crippen molar-refractivity contribution in [2.24, 2.45) is 5.73 Å². The Morgan fingerprint density at radius 1 is 1.07 bits per heavy atom. The number of para-hydroxylation sites is 1. The van der Waals surface area contributed by atoms with Crippen molar-refractivity contribution in [2.45, 2.75) is 20.1 Å². The lowest BCUT2D eigenvalue weighted by Gasteiger charge is -2.13. The van der Waals surface area contributed by atoms with Crippen LogP contribution in [-0.4, -0.2) is 17.1 Å². The molecule has 4 rings (SSSR count). The average molecular weight is 380 g/mol. The number of amides is 1. The van der Waals surface area contributed by atoms with Crippen LogP contribution in [0, 0.1) is 6.92 Å². The number of primary amides is 1. The molecule has 1 amide bonds. The third kappa shape index (κ3) is 3.07. The van der Waals surface area contributed by atoms with E-state index in [1.807, 2.05) is 35.8 Å². The largest absolute Gasteiger partial charge is 0.434 e. The highest BCUT2D eigenvalue weighted by atomic mass is 19.3. The molecule has 0 spiro atoms. The zero-order valence-electron chi connectivity index (χ0n) is 15.2. The van der Waals surface area contributed by atoms with Gasteiger partial charge in [-0.15, -0.1) is 0 Å². The number of hydrogen-bond acceptors (Lipinski definition) is 2. The molecule has 1 aromatic heterocycles. The number of nitrogens with two attached hydrogens (primary N) is 1. The minimum absolute atomic E-state index is 0.131. The van der Waals surface area contributed by atoms with Gasteiger partial charge in [0.25, 0.3) is 0 Å². The fourth-order valence-corrected chi connectivity index (χ4v) is 3.65. The first-order valence-corrected chi connectivity index (χ1v) is 8.80. The standard InChI is InChI=1S/C22H18F2N2O2/c1-13-9-10-15-18(11-13)26(17-7-4-6-16(20(15)17)21(25)27)12-14-5-2-3-8-19(14)28-22(23)24/h2-11,22H,12H2,1H3,(H2,25,27). The lowest BCUT2D eigenvalue weighted by molar-refractivity contribution is -0.0504.